The minimum Gasteiger partial charge on any atom is -0.341 e. The second-order valence-corrected chi connectivity index (χ2v) is 6.83. The molecule has 112 valence electrons. The van der Waals surface area contributed by atoms with Gasteiger partial charge in [0.05, 0.1) is 15.5 Å². The lowest BCUT2D eigenvalue weighted by Crippen LogP contribution is -2.31. The fourth-order valence-electron chi connectivity index (χ4n) is 1.72. The number of amides is 1. The number of carbonyl (C=O) groups excluding carboxylic acids is 1. The zero-order valence-corrected chi connectivity index (χ0v) is 12.9. The van der Waals surface area contributed by atoms with Crippen molar-refractivity contribution < 1.29 is 17.6 Å². The van der Waals surface area contributed by atoms with Crippen molar-refractivity contribution in [3.05, 3.63) is 28.5 Å². The first-order valence-corrected chi connectivity index (χ1v) is 7.73. The molecule has 0 aliphatic heterocycles. The summed E-state index contributed by atoms with van der Waals surface area (Å²) in [5.41, 5.74) is -0.223. The monoisotopic (exact) mass is 322 g/mol. The first-order valence-electron chi connectivity index (χ1n) is 5.81. The molecule has 0 saturated carbocycles. The van der Waals surface area contributed by atoms with E-state index in [1.54, 1.807) is 0 Å². The summed E-state index contributed by atoms with van der Waals surface area (Å²) in [4.78, 5) is 13.0. The minimum atomic E-state index is -4.12. The molecule has 8 heteroatoms. The van der Waals surface area contributed by atoms with Crippen LogP contribution < -0.4 is 5.14 Å². The smallest absolute Gasteiger partial charge is 0.255 e. The van der Waals surface area contributed by atoms with Crippen LogP contribution in [0.4, 0.5) is 4.39 Å². The molecule has 0 aliphatic carbocycles. The fraction of sp³-hybridized carbons (Fsp3) is 0.417. The highest BCUT2D eigenvalue weighted by atomic mass is 35.5. The number of benzene rings is 1. The number of hydrogen-bond acceptors (Lipinski definition) is 3. The Balaban J connectivity index is 3.31. The Hall–Kier alpha value is -1.18. The third kappa shape index (κ3) is 3.91. The highest BCUT2D eigenvalue weighted by molar-refractivity contribution is 7.89. The van der Waals surface area contributed by atoms with Crippen molar-refractivity contribution in [1.82, 2.24) is 4.90 Å². The SMILES string of the molecule is CC(C)CN(C)C(=O)c1cc(S(N)(=O)=O)cc(F)c1Cl. The van der Waals surface area contributed by atoms with Crippen LogP contribution in [-0.4, -0.2) is 32.8 Å². The van der Waals surface area contributed by atoms with E-state index in [2.05, 4.69) is 0 Å². The van der Waals surface area contributed by atoms with Crippen molar-refractivity contribution in [1.29, 1.82) is 0 Å². The lowest BCUT2D eigenvalue weighted by molar-refractivity contribution is 0.0778. The van der Waals surface area contributed by atoms with Gasteiger partial charge in [-0.1, -0.05) is 25.4 Å². The normalized spacial score (nSPS) is 11.8. The van der Waals surface area contributed by atoms with Gasteiger partial charge in [-0.05, 0) is 18.1 Å². The van der Waals surface area contributed by atoms with Crippen LogP contribution in [0.15, 0.2) is 17.0 Å². The van der Waals surface area contributed by atoms with E-state index >= 15 is 0 Å². The quantitative estimate of drug-likeness (QED) is 0.918. The van der Waals surface area contributed by atoms with Gasteiger partial charge in [0.2, 0.25) is 10.0 Å². The zero-order chi connectivity index (χ0) is 15.7. The summed E-state index contributed by atoms with van der Waals surface area (Å²) in [5.74, 6) is -1.36. The summed E-state index contributed by atoms with van der Waals surface area (Å²) in [6, 6.07) is 1.68. The van der Waals surface area contributed by atoms with Crippen molar-refractivity contribution in [2.45, 2.75) is 18.7 Å². The summed E-state index contributed by atoms with van der Waals surface area (Å²) >= 11 is 5.73. The molecule has 0 aliphatic rings. The van der Waals surface area contributed by atoms with Crippen LogP contribution in [0.25, 0.3) is 0 Å². The molecule has 0 spiro atoms. The molecular weight excluding hydrogens is 307 g/mol. The third-order valence-electron chi connectivity index (χ3n) is 2.55. The largest absolute Gasteiger partial charge is 0.341 e. The predicted molar refractivity (Wildman–Crippen MR) is 74.6 cm³/mol. The van der Waals surface area contributed by atoms with Gasteiger partial charge in [0.25, 0.3) is 5.91 Å². The van der Waals surface area contributed by atoms with E-state index in [0.29, 0.717) is 12.6 Å². The molecule has 1 aromatic rings. The van der Waals surface area contributed by atoms with Gasteiger partial charge in [-0.3, -0.25) is 4.79 Å². The molecular formula is C12H16ClFN2O3S. The zero-order valence-electron chi connectivity index (χ0n) is 11.4. The minimum absolute atomic E-state index is 0.203. The molecule has 1 aromatic carbocycles. The molecule has 0 heterocycles. The molecule has 0 aromatic heterocycles. The number of hydrogen-bond donors (Lipinski definition) is 1. The number of nitrogens with zero attached hydrogens (tertiary/aromatic N) is 1. The molecule has 0 bridgehead atoms. The maximum atomic E-state index is 13.6. The fourth-order valence-corrected chi connectivity index (χ4v) is 2.46. The van der Waals surface area contributed by atoms with Crippen LogP contribution in [0.1, 0.15) is 24.2 Å². The Kier molecular flexibility index (Phi) is 5.12. The summed E-state index contributed by atoms with van der Waals surface area (Å²) in [5, 5.41) is 4.52. The molecule has 0 fully saturated rings. The first-order chi connectivity index (χ1) is 9.04. The highest BCUT2D eigenvalue weighted by Gasteiger charge is 2.22. The second kappa shape index (κ2) is 6.07. The summed E-state index contributed by atoms with van der Waals surface area (Å²) < 4.78 is 36.2. The van der Waals surface area contributed by atoms with Gasteiger partial charge in [-0.2, -0.15) is 0 Å². The van der Waals surface area contributed by atoms with Crippen LogP contribution in [-0.2, 0) is 10.0 Å². The van der Waals surface area contributed by atoms with Gasteiger partial charge in [-0.25, -0.2) is 17.9 Å². The standard InChI is InChI=1S/C12H16ClFN2O3S/c1-7(2)6-16(3)12(17)9-4-8(20(15,18)19)5-10(14)11(9)13/h4-5,7H,6H2,1-3H3,(H2,15,18,19). The molecule has 1 amide bonds. The number of primary sulfonamides is 1. The molecule has 0 unspecified atom stereocenters. The van der Waals surface area contributed by atoms with E-state index in [1.165, 1.54) is 11.9 Å². The van der Waals surface area contributed by atoms with Crippen LogP contribution in [0.5, 0.6) is 0 Å². The lowest BCUT2D eigenvalue weighted by atomic mass is 10.1. The van der Waals surface area contributed by atoms with Gasteiger partial charge in [0, 0.05) is 13.6 Å². The molecule has 20 heavy (non-hydrogen) atoms. The topological polar surface area (TPSA) is 80.5 Å². The van der Waals surface area contributed by atoms with Crippen molar-refractivity contribution in [3.8, 4) is 0 Å². The Morgan fingerprint density at radius 2 is 2.00 bits per heavy atom. The Labute approximate surface area is 122 Å². The maximum absolute atomic E-state index is 13.6. The first kappa shape index (κ1) is 16.9. The van der Waals surface area contributed by atoms with E-state index in [9.17, 15) is 17.6 Å². The van der Waals surface area contributed by atoms with Crippen LogP contribution in [0, 0.1) is 11.7 Å². The summed E-state index contributed by atoms with van der Waals surface area (Å²) in [7, 11) is -2.59. The average molecular weight is 323 g/mol. The number of sulfonamides is 1. The molecule has 5 nitrogen and oxygen atoms in total. The molecule has 2 N–H and O–H groups in total. The second-order valence-electron chi connectivity index (χ2n) is 4.89. The van der Waals surface area contributed by atoms with Crippen molar-refractivity contribution in [3.63, 3.8) is 0 Å². The lowest BCUT2D eigenvalue weighted by Gasteiger charge is -2.20. The highest BCUT2D eigenvalue weighted by Crippen LogP contribution is 2.25. The average Bonchev–Trinajstić information content (AvgIpc) is 2.29. The van der Waals surface area contributed by atoms with Crippen LogP contribution in [0.2, 0.25) is 5.02 Å². The number of nitrogens with two attached hydrogens (primary N) is 1. The van der Waals surface area contributed by atoms with Gasteiger partial charge in [0.15, 0.2) is 0 Å². The Bertz CT molecular complexity index is 632. The number of carbonyl (C=O) groups is 1. The number of halogens is 2. The van der Waals surface area contributed by atoms with Gasteiger partial charge >= 0.3 is 0 Å². The maximum Gasteiger partial charge on any atom is 0.255 e. The van der Waals surface area contributed by atoms with Crippen molar-refractivity contribution >= 4 is 27.5 Å². The summed E-state index contributed by atoms with van der Waals surface area (Å²) in [6.07, 6.45) is 0. The molecule has 0 saturated heterocycles. The van der Waals surface area contributed by atoms with Gasteiger partial charge in [-0.15, -0.1) is 0 Å². The third-order valence-corrected chi connectivity index (χ3v) is 3.82. The van der Waals surface area contributed by atoms with Crippen LogP contribution in [0.3, 0.4) is 0 Å². The number of rotatable bonds is 4. The van der Waals surface area contributed by atoms with E-state index in [4.69, 9.17) is 16.7 Å². The van der Waals surface area contributed by atoms with Crippen molar-refractivity contribution in [2.75, 3.05) is 13.6 Å². The summed E-state index contributed by atoms with van der Waals surface area (Å²) in [6.45, 7) is 4.25. The van der Waals surface area contributed by atoms with E-state index in [-0.39, 0.29) is 11.5 Å². The van der Waals surface area contributed by atoms with Crippen LogP contribution >= 0.6 is 11.6 Å². The van der Waals surface area contributed by atoms with Crippen molar-refractivity contribution in [2.24, 2.45) is 11.1 Å². The Morgan fingerprint density at radius 3 is 2.45 bits per heavy atom. The molecule has 0 radical (unpaired) electrons. The molecule has 0 atom stereocenters. The van der Waals surface area contributed by atoms with E-state index < -0.39 is 31.7 Å². The molecule has 1 rings (SSSR count). The van der Waals surface area contributed by atoms with Gasteiger partial charge < -0.3 is 4.90 Å². The Morgan fingerprint density at radius 1 is 1.45 bits per heavy atom. The van der Waals surface area contributed by atoms with E-state index in [0.717, 1.165) is 6.07 Å². The van der Waals surface area contributed by atoms with E-state index in [1.807, 2.05) is 13.8 Å². The van der Waals surface area contributed by atoms with Gasteiger partial charge in [0.1, 0.15) is 5.82 Å². The predicted octanol–water partition coefficient (Wildman–Crippen LogP) is 1.85.